The van der Waals surface area contributed by atoms with E-state index in [0.29, 0.717) is 37.4 Å². The van der Waals surface area contributed by atoms with Crippen molar-refractivity contribution >= 4 is 27.7 Å². The lowest BCUT2D eigenvalue weighted by Crippen LogP contribution is -2.47. The van der Waals surface area contributed by atoms with Gasteiger partial charge in [0.1, 0.15) is 0 Å². The zero-order valence-electron chi connectivity index (χ0n) is 25.4. The van der Waals surface area contributed by atoms with Crippen LogP contribution in [0.25, 0.3) is 0 Å². The monoisotopic (exact) mass is 640 g/mol. The van der Waals surface area contributed by atoms with Crippen molar-refractivity contribution in [2.24, 2.45) is 13.0 Å². The normalized spacial score (nSPS) is 20.2. The zero-order chi connectivity index (χ0) is 32.4. The Hall–Kier alpha value is -3.46. The third-order valence-corrected chi connectivity index (χ3v) is 9.99. The van der Waals surface area contributed by atoms with Gasteiger partial charge in [-0.25, -0.2) is 8.42 Å². The molecule has 2 aromatic rings. The number of sulfonamides is 1. The Bertz CT molecular complexity index is 1510. The molecule has 1 aliphatic heterocycles. The molecule has 15 heteroatoms. The van der Waals surface area contributed by atoms with Gasteiger partial charge in [-0.15, -0.1) is 0 Å². The van der Waals surface area contributed by atoms with Gasteiger partial charge in [-0.1, -0.05) is 19.9 Å². The first kappa shape index (κ1) is 33.4. The van der Waals surface area contributed by atoms with Crippen LogP contribution in [0.15, 0.2) is 29.2 Å². The van der Waals surface area contributed by atoms with Crippen LogP contribution >= 0.6 is 0 Å². The van der Waals surface area contributed by atoms with Gasteiger partial charge in [0.25, 0.3) is 5.91 Å². The maximum Gasteiger partial charge on any atom is 0.416 e. The van der Waals surface area contributed by atoms with Crippen molar-refractivity contribution < 1.29 is 36.0 Å². The lowest BCUT2D eigenvalue weighted by Gasteiger charge is -2.34. The summed E-state index contributed by atoms with van der Waals surface area (Å²) in [4.78, 5) is 42.5. The predicted octanol–water partition coefficient (Wildman–Crippen LogP) is 2.45. The fourth-order valence-electron chi connectivity index (χ4n) is 5.73. The number of carbonyl (C=O) groups excluding carboxylic acids is 3. The Morgan fingerprint density at radius 2 is 1.80 bits per heavy atom. The molecular formula is C29H39F3N6O5S. The van der Waals surface area contributed by atoms with E-state index < -0.39 is 32.6 Å². The van der Waals surface area contributed by atoms with Crippen LogP contribution in [-0.2, 0) is 45.7 Å². The second-order valence-corrected chi connectivity index (χ2v) is 13.7. The van der Waals surface area contributed by atoms with Gasteiger partial charge in [0.05, 0.1) is 17.0 Å². The number of hydrogen-bond donors (Lipinski definition) is 1. The van der Waals surface area contributed by atoms with Crippen LogP contribution in [0, 0.1) is 5.92 Å². The standard InChI is InChI=1S/C29H39F3N6O5S/c1-19(2)17-37-18-26(40)35(3)21-10-11-24-23(16-21)27(34-36(24)4)28(41)33-12-14-38(13-6-9-25(37)39)44(42,43)22-8-5-7-20(15-22)29(30,31)32/h5,7-8,15,19,21H,6,9-14,16-18H2,1-4H3,(H,33,41). The molecule has 1 atom stereocenters. The summed E-state index contributed by atoms with van der Waals surface area (Å²) in [5.74, 6) is -1.03. The Balaban J connectivity index is 1.67. The molecule has 11 nitrogen and oxygen atoms in total. The summed E-state index contributed by atoms with van der Waals surface area (Å²) in [7, 11) is -1.01. The number of fused-ring (bicyclic) bond motifs is 1. The lowest BCUT2D eigenvalue weighted by atomic mass is 9.90. The van der Waals surface area contributed by atoms with Crippen molar-refractivity contribution in [3.8, 4) is 0 Å². The van der Waals surface area contributed by atoms with Gasteiger partial charge < -0.3 is 15.1 Å². The number of halogens is 3. The van der Waals surface area contributed by atoms with Crippen LogP contribution in [-0.4, -0.2) is 95.8 Å². The molecule has 2 heterocycles. The number of amides is 3. The van der Waals surface area contributed by atoms with Gasteiger partial charge in [0, 0.05) is 64.0 Å². The van der Waals surface area contributed by atoms with Crippen molar-refractivity contribution in [1.82, 2.24) is 29.2 Å². The molecule has 2 bridgehead atoms. The van der Waals surface area contributed by atoms with Crippen LogP contribution in [0.3, 0.4) is 0 Å². The molecule has 4 rings (SSSR count). The molecule has 1 N–H and O–H groups in total. The quantitative estimate of drug-likeness (QED) is 0.548. The molecule has 0 fully saturated rings. The molecule has 1 aromatic heterocycles. The summed E-state index contributed by atoms with van der Waals surface area (Å²) in [6, 6.07) is 3.26. The van der Waals surface area contributed by atoms with Crippen molar-refractivity contribution in [3.63, 3.8) is 0 Å². The SMILES string of the molecule is CC(C)CN1CC(=O)N(C)C2CCc3c(c(nn3C)C(=O)NCCN(S(=O)(=O)c3cccc(C(F)(F)F)c3)CCCC1=O)C2. The van der Waals surface area contributed by atoms with Gasteiger partial charge in [-0.3, -0.25) is 19.1 Å². The fraction of sp³-hybridized carbons (Fsp3) is 0.586. The fourth-order valence-corrected chi connectivity index (χ4v) is 7.26. The number of likely N-dealkylation sites (N-methyl/N-ethyl adjacent to an activating group) is 1. The highest BCUT2D eigenvalue weighted by Gasteiger charge is 2.35. The Morgan fingerprint density at radius 3 is 2.48 bits per heavy atom. The number of aryl methyl sites for hydroxylation is 1. The van der Waals surface area contributed by atoms with E-state index in [-0.39, 0.29) is 68.5 Å². The minimum atomic E-state index is -4.74. The second kappa shape index (κ2) is 13.3. The number of alkyl halides is 3. The van der Waals surface area contributed by atoms with E-state index >= 15 is 0 Å². The third-order valence-electron chi connectivity index (χ3n) is 8.09. The van der Waals surface area contributed by atoms with Crippen LogP contribution in [0.1, 0.15) is 60.4 Å². The predicted molar refractivity (Wildman–Crippen MR) is 155 cm³/mol. The maximum atomic E-state index is 13.6. The molecule has 2 aliphatic rings. The highest BCUT2D eigenvalue weighted by molar-refractivity contribution is 7.89. The molecular weight excluding hydrogens is 601 g/mol. The van der Waals surface area contributed by atoms with Crippen LogP contribution < -0.4 is 5.32 Å². The number of carbonyl (C=O) groups is 3. The lowest BCUT2D eigenvalue weighted by molar-refractivity contribution is -0.141. The second-order valence-electron chi connectivity index (χ2n) is 11.8. The molecule has 0 spiro atoms. The number of hydrogen-bond acceptors (Lipinski definition) is 6. The van der Waals surface area contributed by atoms with Crippen LogP contribution in [0.4, 0.5) is 13.2 Å². The number of nitrogens with zero attached hydrogens (tertiary/aromatic N) is 5. The van der Waals surface area contributed by atoms with Gasteiger partial charge in [-0.05, 0) is 49.8 Å². The van der Waals surface area contributed by atoms with E-state index in [2.05, 4.69) is 10.4 Å². The highest BCUT2D eigenvalue weighted by Crippen LogP contribution is 2.31. The van der Waals surface area contributed by atoms with Crippen molar-refractivity contribution in [1.29, 1.82) is 0 Å². The Labute approximate surface area is 255 Å². The average molecular weight is 641 g/mol. The largest absolute Gasteiger partial charge is 0.416 e. The van der Waals surface area contributed by atoms with Crippen molar-refractivity contribution in [2.45, 2.75) is 63.1 Å². The first-order valence-electron chi connectivity index (χ1n) is 14.6. The van der Waals surface area contributed by atoms with E-state index in [1.807, 2.05) is 13.8 Å². The van der Waals surface area contributed by atoms with Crippen LogP contribution in [0.5, 0.6) is 0 Å². The molecule has 1 aromatic carbocycles. The maximum absolute atomic E-state index is 13.6. The first-order chi connectivity index (χ1) is 20.6. The van der Waals surface area contributed by atoms with E-state index in [1.165, 1.54) is 4.90 Å². The zero-order valence-corrected chi connectivity index (χ0v) is 26.2. The summed E-state index contributed by atoms with van der Waals surface area (Å²) < 4.78 is 69.9. The van der Waals surface area contributed by atoms with E-state index in [0.717, 1.165) is 28.2 Å². The number of benzene rings is 1. The summed E-state index contributed by atoms with van der Waals surface area (Å²) in [6.07, 6.45) is -3.12. The molecule has 0 saturated heterocycles. The average Bonchev–Trinajstić information content (AvgIpc) is 3.29. The van der Waals surface area contributed by atoms with E-state index in [9.17, 15) is 36.0 Å². The number of rotatable bonds is 4. The Morgan fingerprint density at radius 1 is 1.07 bits per heavy atom. The van der Waals surface area contributed by atoms with Gasteiger partial charge in [-0.2, -0.15) is 22.6 Å². The molecule has 1 unspecified atom stereocenters. The summed E-state index contributed by atoms with van der Waals surface area (Å²) in [5, 5.41) is 7.11. The Kier molecular flexibility index (Phi) is 10.1. The minimum absolute atomic E-state index is 0.0555. The van der Waals surface area contributed by atoms with Crippen molar-refractivity contribution in [2.75, 3.05) is 39.8 Å². The van der Waals surface area contributed by atoms with Gasteiger partial charge in [0.15, 0.2) is 5.69 Å². The van der Waals surface area contributed by atoms with E-state index in [4.69, 9.17) is 0 Å². The smallest absolute Gasteiger partial charge is 0.349 e. The number of nitrogens with one attached hydrogen (secondary N) is 1. The summed E-state index contributed by atoms with van der Waals surface area (Å²) in [5.41, 5.74) is 0.648. The molecule has 242 valence electrons. The topological polar surface area (TPSA) is 125 Å². The van der Waals surface area contributed by atoms with Crippen molar-refractivity contribution in [3.05, 3.63) is 46.8 Å². The molecule has 1 aliphatic carbocycles. The minimum Gasteiger partial charge on any atom is -0.349 e. The molecule has 0 saturated carbocycles. The highest BCUT2D eigenvalue weighted by atomic mass is 32.2. The summed E-state index contributed by atoms with van der Waals surface area (Å²) in [6.45, 7) is 3.44. The molecule has 3 amide bonds. The van der Waals surface area contributed by atoms with Crippen LogP contribution in [0.2, 0.25) is 0 Å². The first-order valence-corrected chi connectivity index (χ1v) is 16.1. The van der Waals surface area contributed by atoms with E-state index in [1.54, 1.807) is 23.7 Å². The van der Waals surface area contributed by atoms with Gasteiger partial charge >= 0.3 is 6.18 Å². The molecule has 0 radical (unpaired) electrons. The van der Waals surface area contributed by atoms with Gasteiger partial charge in [0.2, 0.25) is 21.8 Å². The third kappa shape index (κ3) is 7.42. The number of aromatic nitrogens is 2. The molecule has 44 heavy (non-hydrogen) atoms. The summed E-state index contributed by atoms with van der Waals surface area (Å²) >= 11 is 0.